The van der Waals surface area contributed by atoms with Crippen molar-refractivity contribution in [1.29, 1.82) is 0 Å². The van der Waals surface area contributed by atoms with Gasteiger partial charge in [0.2, 0.25) is 0 Å². The number of carboxylic acids is 1. The van der Waals surface area contributed by atoms with Crippen molar-refractivity contribution in [3.05, 3.63) is 48.4 Å². The minimum atomic E-state index is -1.10. The van der Waals surface area contributed by atoms with Gasteiger partial charge in [-0.25, -0.2) is 4.99 Å². The van der Waals surface area contributed by atoms with Crippen LogP contribution in [-0.2, 0) is 9.59 Å². The maximum Gasteiger partial charge on any atom is 0.322 e. The van der Waals surface area contributed by atoms with E-state index in [4.69, 9.17) is 5.11 Å². The van der Waals surface area contributed by atoms with Crippen LogP contribution in [0.2, 0.25) is 0 Å². The highest BCUT2D eigenvalue weighted by atomic mass is 16.4. The SMILES string of the molecule is C=CC1=NC(C(=O)NCC(=O)O)=CCN1/C=C(\C)CC(=C)C. The summed E-state index contributed by atoms with van der Waals surface area (Å²) < 4.78 is 0. The molecule has 6 heteroatoms. The van der Waals surface area contributed by atoms with E-state index in [-0.39, 0.29) is 5.70 Å². The Morgan fingerprint density at radius 3 is 2.73 bits per heavy atom. The van der Waals surface area contributed by atoms with Crippen LogP contribution >= 0.6 is 0 Å². The maximum atomic E-state index is 11.8. The molecule has 0 radical (unpaired) electrons. The van der Waals surface area contributed by atoms with Crippen molar-refractivity contribution in [2.45, 2.75) is 20.3 Å². The number of rotatable bonds is 7. The zero-order chi connectivity index (χ0) is 16.7. The summed E-state index contributed by atoms with van der Waals surface area (Å²) >= 11 is 0. The highest BCUT2D eigenvalue weighted by molar-refractivity contribution is 6.02. The first-order chi connectivity index (χ1) is 10.3. The fraction of sp³-hybridized carbons (Fsp3) is 0.312. The van der Waals surface area contributed by atoms with Crippen molar-refractivity contribution in [2.24, 2.45) is 4.99 Å². The van der Waals surface area contributed by atoms with Crippen molar-refractivity contribution in [2.75, 3.05) is 13.1 Å². The zero-order valence-electron chi connectivity index (χ0n) is 12.9. The van der Waals surface area contributed by atoms with Crippen LogP contribution in [0.3, 0.4) is 0 Å². The number of carbonyl (C=O) groups excluding carboxylic acids is 1. The molecule has 6 nitrogen and oxygen atoms in total. The lowest BCUT2D eigenvalue weighted by atomic mass is 10.1. The second kappa shape index (κ2) is 7.97. The topological polar surface area (TPSA) is 82.0 Å². The normalized spacial score (nSPS) is 14.8. The van der Waals surface area contributed by atoms with E-state index in [0.29, 0.717) is 12.4 Å². The number of aliphatic carboxylic acids is 1. The predicted molar refractivity (Wildman–Crippen MR) is 86.3 cm³/mol. The minimum absolute atomic E-state index is 0.193. The molecular weight excluding hydrogens is 282 g/mol. The number of nitrogens with one attached hydrogen (secondary N) is 1. The molecule has 0 saturated carbocycles. The molecule has 0 aliphatic carbocycles. The van der Waals surface area contributed by atoms with E-state index in [2.05, 4.69) is 23.5 Å². The summed E-state index contributed by atoms with van der Waals surface area (Å²) in [5.41, 5.74) is 2.37. The number of allylic oxidation sites excluding steroid dienone is 2. The molecule has 0 unspecified atom stereocenters. The Hall–Kier alpha value is -2.63. The average Bonchev–Trinajstić information content (AvgIpc) is 2.44. The Morgan fingerprint density at radius 1 is 1.50 bits per heavy atom. The summed E-state index contributed by atoms with van der Waals surface area (Å²) in [5.74, 6) is -1.06. The summed E-state index contributed by atoms with van der Waals surface area (Å²) in [6.07, 6.45) is 5.94. The third kappa shape index (κ3) is 5.40. The Morgan fingerprint density at radius 2 is 2.18 bits per heavy atom. The largest absolute Gasteiger partial charge is 0.480 e. The highest BCUT2D eigenvalue weighted by Gasteiger charge is 2.17. The lowest BCUT2D eigenvalue weighted by Crippen LogP contribution is -2.34. The van der Waals surface area contributed by atoms with Gasteiger partial charge in [0.15, 0.2) is 0 Å². The molecule has 0 atom stereocenters. The first-order valence-corrected chi connectivity index (χ1v) is 6.83. The summed E-state index contributed by atoms with van der Waals surface area (Å²) in [4.78, 5) is 28.3. The third-order valence-corrected chi connectivity index (χ3v) is 2.78. The van der Waals surface area contributed by atoms with Gasteiger partial charge in [0.05, 0.1) is 0 Å². The molecule has 0 saturated heterocycles. The molecule has 1 aliphatic rings. The van der Waals surface area contributed by atoms with Crippen LogP contribution in [0.1, 0.15) is 20.3 Å². The van der Waals surface area contributed by atoms with Gasteiger partial charge in [-0.1, -0.05) is 24.3 Å². The molecular formula is C16H21N3O3. The molecule has 0 aromatic carbocycles. The second-order valence-corrected chi connectivity index (χ2v) is 5.10. The molecule has 0 spiro atoms. The van der Waals surface area contributed by atoms with Gasteiger partial charge < -0.3 is 15.3 Å². The van der Waals surface area contributed by atoms with Gasteiger partial charge >= 0.3 is 5.97 Å². The number of aliphatic imine (C=N–C) groups is 1. The van der Waals surface area contributed by atoms with Gasteiger partial charge in [-0.2, -0.15) is 0 Å². The van der Waals surface area contributed by atoms with Crippen molar-refractivity contribution in [3.8, 4) is 0 Å². The molecule has 2 N–H and O–H groups in total. The number of nitrogens with zero attached hydrogens (tertiary/aromatic N) is 2. The van der Waals surface area contributed by atoms with E-state index in [0.717, 1.165) is 17.6 Å². The summed E-state index contributed by atoms with van der Waals surface area (Å²) in [7, 11) is 0. The summed E-state index contributed by atoms with van der Waals surface area (Å²) in [6, 6.07) is 0. The smallest absolute Gasteiger partial charge is 0.322 e. The lowest BCUT2D eigenvalue weighted by molar-refractivity contribution is -0.137. The summed E-state index contributed by atoms with van der Waals surface area (Å²) in [6.45, 7) is 11.6. The van der Waals surface area contributed by atoms with Crippen molar-refractivity contribution < 1.29 is 14.7 Å². The number of hydrogen-bond donors (Lipinski definition) is 2. The molecule has 1 rings (SSSR count). The first kappa shape index (κ1) is 17.4. The highest BCUT2D eigenvalue weighted by Crippen LogP contribution is 2.14. The predicted octanol–water partition coefficient (Wildman–Crippen LogP) is 1.84. The first-order valence-electron chi connectivity index (χ1n) is 6.83. The third-order valence-electron chi connectivity index (χ3n) is 2.78. The van der Waals surface area contributed by atoms with Crippen LogP contribution in [0.5, 0.6) is 0 Å². The fourth-order valence-electron chi connectivity index (χ4n) is 1.97. The van der Waals surface area contributed by atoms with Crippen LogP contribution in [0.15, 0.2) is 53.3 Å². The quantitative estimate of drug-likeness (QED) is 0.703. The van der Waals surface area contributed by atoms with Crippen LogP contribution in [0.25, 0.3) is 0 Å². The molecule has 0 bridgehead atoms. The van der Waals surface area contributed by atoms with Gasteiger partial charge in [0, 0.05) is 12.7 Å². The molecule has 1 heterocycles. The second-order valence-electron chi connectivity index (χ2n) is 5.10. The molecule has 1 aliphatic heterocycles. The van der Waals surface area contributed by atoms with E-state index < -0.39 is 18.4 Å². The number of carbonyl (C=O) groups is 2. The maximum absolute atomic E-state index is 11.8. The Kier molecular flexibility index (Phi) is 6.31. The molecule has 0 aromatic rings. The van der Waals surface area contributed by atoms with Crippen molar-refractivity contribution in [1.82, 2.24) is 10.2 Å². The minimum Gasteiger partial charge on any atom is -0.480 e. The van der Waals surface area contributed by atoms with Gasteiger partial charge in [0.25, 0.3) is 5.91 Å². The fourth-order valence-corrected chi connectivity index (χ4v) is 1.97. The van der Waals surface area contributed by atoms with E-state index in [1.54, 1.807) is 12.2 Å². The number of amides is 1. The van der Waals surface area contributed by atoms with Gasteiger partial charge in [-0.3, -0.25) is 9.59 Å². The van der Waals surface area contributed by atoms with Crippen LogP contribution < -0.4 is 5.32 Å². The number of amidine groups is 1. The van der Waals surface area contributed by atoms with Crippen molar-refractivity contribution >= 4 is 17.7 Å². The van der Waals surface area contributed by atoms with Gasteiger partial charge in [-0.15, -0.1) is 0 Å². The average molecular weight is 303 g/mol. The standard InChI is InChI=1S/C16H21N3O3/c1-5-14-18-13(16(22)17-9-15(20)21)6-7-19(14)10-12(4)8-11(2)3/h5-6,10H,1-2,7-9H2,3-4H3,(H,17,22)(H,20,21)/b12-10+. The van der Waals surface area contributed by atoms with Crippen LogP contribution in [0.4, 0.5) is 0 Å². The van der Waals surface area contributed by atoms with Crippen molar-refractivity contribution in [3.63, 3.8) is 0 Å². The Bertz CT molecular complexity index is 585. The van der Waals surface area contributed by atoms with Gasteiger partial charge in [0.1, 0.15) is 18.1 Å². The van der Waals surface area contributed by atoms with Crippen LogP contribution in [0, 0.1) is 0 Å². The Balaban J connectivity index is 2.81. The monoisotopic (exact) mass is 303 g/mol. The Labute approximate surface area is 130 Å². The van der Waals surface area contributed by atoms with Crippen LogP contribution in [-0.4, -0.2) is 40.8 Å². The molecule has 118 valence electrons. The zero-order valence-corrected chi connectivity index (χ0v) is 12.9. The van der Waals surface area contributed by atoms with E-state index >= 15 is 0 Å². The summed E-state index contributed by atoms with van der Waals surface area (Å²) in [5, 5.41) is 10.8. The van der Waals surface area contributed by atoms with Gasteiger partial charge in [-0.05, 0) is 32.4 Å². The molecule has 1 amide bonds. The molecule has 22 heavy (non-hydrogen) atoms. The van der Waals surface area contributed by atoms with E-state index in [9.17, 15) is 9.59 Å². The van der Waals surface area contributed by atoms with E-state index in [1.165, 1.54) is 0 Å². The number of hydrogen-bond acceptors (Lipinski definition) is 4. The van der Waals surface area contributed by atoms with E-state index in [1.807, 2.05) is 24.9 Å². The number of carboxylic acid groups (broad SMARTS) is 1. The molecule has 0 aromatic heterocycles. The molecule has 0 fully saturated rings. The lowest BCUT2D eigenvalue weighted by Gasteiger charge is -2.24.